The first kappa shape index (κ1) is 34.1. The van der Waals surface area contributed by atoms with E-state index in [1.807, 2.05) is 0 Å². The van der Waals surface area contributed by atoms with Crippen molar-refractivity contribution in [1.29, 1.82) is 5.41 Å². The molecule has 0 amide bonds. The highest BCUT2D eigenvalue weighted by molar-refractivity contribution is 5.81. The number of unbranched alkanes of at least 4 members (excludes halogenated alkanes) is 21. The van der Waals surface area contributed by atoms with Crippen molar-refractivity contribution in [3.63, 3.8) is 0 Å². The Morgan fingerprint density at radius 1 is 0.457 bits per heavy atom. The maximum atomic E-state index is 8.19. The third-order valence-corrected chi connectivity index (χ3v) is 7.32. The van der Waals surface area contributed by atoms with Gasteiger partial charge in [0.15, 0.2) is 0 Å². The van der Waals surface area contributed by atoms with E-state index >= 15 is 0 Å². The highest BCUT2D eigenvalue weighted by Crippen LogP contribution is 2.13. The van der Waals surface area contributed by atoms with E-state index < -0.39 is 0 Å². The maximum absolute atomic E-state index is 8.19. The molecule has 0 unspecified atom stereocenters. The first-order valence-electron chi connectivity index (χ1n) is 16.1. The lowest BCUT2D eigenvalue weighted by molar-refractivity contribution is 0.558. The van der Waals surface area contributed by atoms with E-state index in [4.69, 9.17) is 11.1 Å². The van der Waals surface area contributed by atoms with Crippen molar-refractivity contribution in [1.82, 2.24) is 0 Å². The second-order valence-electron chi connectivity index (χ2n) is 11.0. The van der Waals surface area contributed by atoms with E-state index in [-0.39, 0.29) is 0 Å². The Labute approximate surface area is 221 Å². The maximum Gasteiger partial charge on any atom is 0.0937 e. The zero-order valence-corrected chi connectivity index (χ0v) is 24.3. The van der Waals surface area contributed by atoms with Crippen molar-refractivity contribution in [2.45, 2.75) is 187 Å². The molecule has 3 nitrogen and oxygen atoms in total. The molecule has 0 heterocycles. The Kier molecular flexibility index (Phi) is 28.6. The monoisotopic (exact) mass is 492 g/mol. The topological polar surface area (TPSA) is 62.2 Å². The molecule has 3 N–H and O–H groups in total. The fraction of sp³-hybridized carbons (Fsp3) is 0.938. The standard InChI is InChI=1S/C32H65N3/c1-3-5-7-9-11-13-15-17-19-23-27-31(33)28-24-21-22-26-30-35-32(34)29-25-20-18-16-14-12-10-8-6-4-2/h33H,3-30H2,1-2H3,(H2,34,35). The smallest absolute Gasteiger partial charge is 0.0937 e. The molecule has 0 spiro atoms. The molecule has 35 heavy (non-hydrogen) atoms. The molecule has 208 valence electrons. The van der Waals surface area contributed by atoms with Crippen LogP contribution >= 0.6 is 0 Å². The molecular weight excluding hydrogens is 426 g/mol. The molecule has 0 aromatic heterocycles. The Balaban J connectivity index is 3.33. The molecule has 0 aromatic carbocycles. The number of hydrogen-bond donors (Lipinski definition) is 2. The fourth-order valence-electron chi connectivity index (χ4n) is 4.85. The molecule has 0 saturated heterocycles. The molecule has 0 fully saturated rings. The van der Waals surface area contributed by atoms with Crippen LogP contribution in [-0.4, -0.2) is 18.1 Å². The summed E-state index contributed by atoms with van der Waals surface area (Å²) in [7, 11) is 0. The summed E-state index contributed by atoms with van der Waals surface area (Å²) in [5.74, 6) is 0.864. The van der Waals surface area contributed by atoms with Crippen LogP contribution in [0.15, 0.2) is 4.99 Å². The summed E-state index contributed by atoms with van der Waals surface area (Å²) >= 11 is 0. The van der Waals surface area contributed by atoms with Gasteiger partial charge in [0, 0.05) is 18.7 Å². The summed E-state index contributed by atoms with van der Waals surface area (Å²) in [6.07, 6.45) is 35.2. The van der Waals surface area contributed by atoms with Crippen LogP contribution in [0.3, 0.4) is 0 Å². The highest BCUT2D eigenvalue weighted by atomic mass is 14.8. The van der Waals surface area contributed by atoms with Crippen molar-refractivity contribution in [3.05, 3.63) is 0 Å². The average Bonchev–Trinajstić information content (AvgIpc) is 2.85. The van der Waals surface area contributed by atoms with Gasteiger partial charge in [0.1, 0.15) is 0 Å². The predicted octanol–water partition coefficient (Wildman–Crippen LogP) is 10.9. The minimum Gasteiger partial charge on any atom is -0.387 e. The highest BCUT2D eigenvalue weighted by Gasteiger charge is 2.00. The summed E-state index contributed by atoms with van der Waals surface area (Å²) < 4.78 is 0. The van der Waals surface area contributed by atoms with E-state index in [0.29, 0.717) is 0 Å². The lowest BCUT2D eigenvalue weighted by Crippen LogP contribution is -2.12. The first-order chi connectivity index (χ1) is 17.2. The van der Waals surface area contributed by atoms with Gasteiger partial charge in [-0.2, -0.15) is 0 Å². The van der Waals surface area contributed by atoms with Gasteiger partial charge in [-0.05, 0) is 38.5 Å². The van der Waals surface area contributed by atoms with Crippen LogP contribution < -0.4 is 5.73 Å². The SMILES string of the molecule is CCCCCCCCCCCCC(=N)CCCCCCN=C(N)CCCCCCCCCCCC. The number of nitrogens with two attached hydrogens (primary N) is 1. The molecule has 0 atom stereocenters. The van der Waals surface area contributed by atoms with E-state index in [1.165, 1.54) is 148 Å². The number of amidine groups is 1. The molecule has 0 saturated carbocycles. The van der Waals surface area contributed by atoms with Gasteiger partial charge in [-0.3, -0.25) is 4.99 Å². The third-order valence-electron chi connectivity index (χ3n) is 7.32. The summed E-state index contributed by atoms with van der Waals surface area (Å²) in [5.41, 5.74) is 7.07. The molecule has 0 bridgehead atoms. The van der Waals surface area contributed by atoms with Crippen molar-refractivity contribution in [2.24, 2.45) is 10.7 Å². The third kappa shape index (κ3) is 29.3. The normalized spacial score (nSPS) is 11.9. The van der Waals surface area contributed by atoms with Crippen LogP contribution in [0.25, 0.3) is 0 Å². The van der Waals surface area contributed by atoms with Crippen LogP contribution in [0, 0.1) is 5.41 Å². The zero-order chi connectivity index (χ0) is 25.7. The number of hydrogen-bond acceptors (Lipinski definition) is 2. The van der Waals surface area contributed by atoms with Gasteiger partial charge in [0.2, 0.25) is 0 Å². The molecule has 0 aliphatic heterocycles. The Morgan fingerprint density at radius 2 is 0.771 bits per heavy atom. The largest absolute Gasteiger partial charge is 0.387 e. The number of nitrogens with one attached hydrogen (secondary N) is 1. The lowest BCUT2D eigenvalue weighted by atomic mass is 10.0. The summed E-state index contributed by atoms with van der Waals surface area (Å²) in [4.78, 5) is 4.57. The Hall–Kier alpha value is -0.860. The van der Waals surface area contributed by atoms with E-state index in [0.717, 1.165) is 43.8 Å². The van der Waals surface area contributed by atoms with Gasteiger partial charge in [-0.15, -0.1) is 0 Å². The van der Waals surface area contributed by atoms with Crippen molar-refractivity contribution in [3.8, 4) is 0 Å². The minimum atomic E-state index is 0.864. The van der Waals surface area contributed by atoms with E-state index in [9.17, 15) is 0 Å². The predicted molar refractivity (Wildman–Crippen MR) is 160 cm³/mol. The molecule has 0 radical (unpaired) electrons. The molecule has 0 rings (SSSR count). The number of aliphatic imine (C=N–C) groups is 1. The molecular formula is C32H65N3. The van der Waals surface area contributed by atoms with Crippen LogP contribution in [0.4, 0.5) is 0 Å². The fourth-order valence-corrected chi connectivity index (χ4v) is 4.85. The lowest BCUT2D eigenvalue weighted by Gasteiger charge is -2.05. The second kappa shape index (κ2) is 29.4. The zero-order valence-electron chi connectivity index (χ0n) is 24.3. The minimum absolute atomic E-state index is 0.864. The van der Waals surface area contributed by atoms with Gasteiger partial charge in [0.05, 0.1) is 5.84 Å². The number of rotatable bonds is 29. The van der Waals surface area contributed by atoms with Crippen LogP contribution in [-0.2, 0) is 0 Å². The van der Waals surface area contributed by atoms with Crippen molar-refractivity contribution in [2.75, 3.05) is 6.54 Å². The van der Waals surface area contributed by atoms with Crippen LogP contribution in [0.5, 0.6) is 0 Å². The first-order valence-corrected chi connectivity index (χ1v) is 16.1. The van der Waals surface area contributed by atoms with Gasteiger partial charge in [0.25, 0.3) is 0 Å². The molecule has 0 aliphatic rings. The molecule has 0 aromatic rings. The van der Waals surface area contributed by atoms with E-state index in [1.54, 1.807) is 0 Å². The Morgan fingerprint density at radius 3 is 1.17 bits per heavy atom. The van der Waals surface area contributed by atoms with Gasteiger partial charge in [-0.1, -0.05) is 142 Å². The van der Waals surface area contributed by atoms with Gasteiger partial charge < -0.3 is 11.1 Å². The number of nitrogens with zero attached hydrogens (tertiary/aromatic N) is 1. The van der Waals surface area contributed by atoms with Gasteiger partial charge in [-0.25, -0.2) is 0 Å². The van der Waals surface area contributed by atoms with Gasteiger partial charge >= 0.3 is 0 Å². The molecule has 3 heteroatoms. The second-order valence-corrected chi connectivity index (χ2v) is 11.0. The quantitative estimate of drug-likeness (QED) is 0.0609. The van der Waals surface area contributed by atoms with Crippen LogP contribution in [0.1, 0.15) is 187 Å². The molecule has 0 aliphatic carbocycles. The van der Waals surface area contributed by atoms with Crippen LogP contribution in [0.2, 0.25) is 0 Å². The summed E-state index contributed by atoms with van der Waals surface area (Å²) in [5, 5.41) is 8.19. The average molecular weight is 492 g/mol. The summed E-state index contributed by atoms with van der Waals surface area (Å²) in [6, 6.07) is 0. The van der Waals surface area contributed by atoms with Crippen molar-refractivity contribution < 1.29 is 0 Å². The summed E-state index contributed by atoms with van der Waals surface area (Å²) in [6.45, 7) is 5.45. The van der Waals surface area contributed by atoms with Crippen molar-refractivity contribution >= 4 is 11.5 Å². The Bertz CT molecular complexity index is 458. The van der Waals surface area contributed by atoms with E-state index in [2.05, 4.69) is 18.8 Å².